The predicted octanol–water partition coefficient (Wildman–Crippen LogP) is 3.76. The third-order valence-corrected chi connectivity index (χ3v) is 3.72. The Kier molecular flexibility index (Phi) is 4.06. The molecule has 0 aliphatic heterocycles. The van der Waals surface area contributed by atoms with Crippen LogP contribution in [0.3, 0.4) is 0 Å². The Labute approximate surface area is 142 Å². The van der Waals surface area contributed by atoms with Crippen LogP contribution in [0.25, 0.3) is 16.9 Å². The summed E-state index contributed by atoms with van der Waals surface area (Å²) >= 11 is 11.9. The molecule has 0 amide bonds. The van der Waals surface area contributed by atoms with Gasteiger partial charge in [-0.2, -0.15) is 13.2 Å². The topological polar surface area (TPSA) is 76.7 Å². The van der Waals surface area contributed by atoms with Crippen LogP contribution >= 0.6 is 23.2 Å². The van der Waals surface area contributed by atoms with Gasteiger partial charge in [0, 0.05) is 11.6 Å². The molecular formula is C13H6Cl2F3N5O. The van der Waals surface area contributed by atoms with Crippen LogP contribution in [-0.4, -0.2) is 30.1 Å². The fourth-order valence-corrected chi connectivity index (χ4v) is 2.26. The van der Waals surface area contributed by atoms with E-state index in [1.165, 1.54) is 18.2 Å². The highest BCUT2D eigenvalue weighted by Gasteiger charge is 2.34. The van der Waals surface area contributed by atoms with Crippen molar-refractivity contribution in [3.8, 4) is 22.8 Å². The number of hydrogen-bond donors (Lipinski definition) is 1. The molecule has 3 rings (SSSR count). The number of rotatable bonds is 2. The molecule has 11 heteroatoms. The maximum atomic E-state index is 12.7. The quantitative estimate of drug-likeness (QED) is 0.737. The Balaban J connectivity index is 2.20. The van der Waals surface area contributed by atoms with Crippen molar-refractivity contribution in [1.82, 2.24) is 25.0 Å². The van der Waals surface area contributed by atoms with Gasteiger partial charge < -0.3 is 5.11 Å². The number of halogens is 5. The molecule has 1 aromatic carbocycles. The van der Waals surface area contributed by atoms with Crippen molar-refractivity contribution in [2.75, 3.05) is 0 Å². The second-order valence-corrected chi connectivity index (χ2v) is 5.41. The van der Waals surface area contributed by atoms with Gasteiger partial charge in [-0.05, 0) is 12.1 Å². The summed E-state index contributed by atoms with van der Waals surface area (Å²) in [5, 5.41) is 16.3. The summed E-state index contributed by atoms with van der Waals surface area (Å²) in [6, 6.07) is 3.95. The summed E-state index contributed by atoms with van der Waals surface area (Å²) in [6.07, 6.45) is -2.83. The fourth-order valence-electron chi connectivity index (χ4n) is 1.94. The molecule has 0 spiro atoms. The van der Waals surface area contributed by atoms with E-state index in [4.69, 9.17) is 23.2 Å². The monoisotopic (exact) mass is 375 g/mol. The second-order valence-electron chi connectivity index (χ2n) is 4.59. The molecule has 1 N–H and O–H groups in total. The van der Waals surface area contributed by atoms with Crippen LogP contribution in [0.15, 0.2) is 30.7 Å². The number of nitrogens with zero attached hydrogens (tertiary/aromatic N) is 5. The van der Waals surface area contributed by atoms with Gasteiger partial charge in [-0.3, -0.25) is 0 Å². The van der Waals surface area contributed by atoms with Crippen molar-refractivity contribution < 1.29 is 18.3 Å². The van der Waals surface area contributed by atoms with Gasteiger partial charge in [0.1, 0.15) is 6.33 Å². The molecular weight excluding hydrogens is 370 g/mol. The fraction of sp³-hybridized carbons (Fsp3) is 0.0769. The molecule has 0 aliphatic carbocycles. The zero-order chi connectivity index (χ0) is 17.5. The lowest BCUT2D eigenvalue weighted by Crippen LogP contribution is -2.05. The van der Waals surface area contributed by atoms with Crippen LogP contribution in [0.1, 0.15) is 5.69 Å². The van der Waals surface area contributed by atoms with Crippen LogP contribution in [0.4, 0.5) is 13.2 Å². The molecule has 3 aromatic rings. The van der Waals surface area contributed by atoms with Crippen molar-refractivity contribution in [1.29, 1.82) is 0 Å². The van der Waals surface area contributed by atoms with Gasteiger partial charge >= 0.3 is 6.18 Å². The Bertz CT molecular complexity index is 913. The van der Waals surface area contributed by atoms with Crippen molar-refractivity contribution in [2.45, 2.75) is 6.18 Å². The van der Waals surface area contributed by atoms with Crippen LogP contribution in [-0.2, 0) is 6.18 Å². The lowest BCUT2D eigenvalue weighted by Gasteiger charge is -2.10. The maximum absolute atomic E-state index is 12.7. The molecule has 124 valence electrons. The van der Waals surface area contributed by atoms with Crippen LogP contribution in [0, 0.1) is 0 Å². The molecule has 0 fully saturated rings. The van der Waals surface area contributed by atoms with Crippen molar-refractivity contribution >= 4 is 23.2 Å². The first-order valence-corrected chi connectivity index (χ1v) is 7.01. The predicted molar refractivity (Wildman–Crippen MR) is 79.1 cm³/mol. The number of alkyl halides is 3. The van der Waals surface area contributed by atoms with Crippen LogP contribution < -0.4 is 0 Å². The first-order valence-electron chi connectivity index (χ1n) is 6.26. The molecule has 2 heterocycles. The largest absolute Gasteiger partial charge is 0.493 e. The minimum absolute atomic E-state index is 0.109. The molecule has 0 saturated carbocycles. The highest BCUT2D eigenvalue weighted by atomic mass is 35.5. The van der Waals surface area contributed by atoms with E-state index in [2.05, 4.69) is 20.3 Å². The molecule has 6 nitrogen and oxygen atoms in total. The molecule has 24 heavy (non-hydrogen) atoms. The number of aromatic hydroxyl groups is 1. The highest BCUT2D eigenvalue weighted by molar-refractivity contribution is 6.42. The Morgan fingerprint density at radius 3 is 2.38 bits per heavy atom. The lowest BCUT2D eigenvalue weighted by molar-refractivity contribution is -0.141. The smallest absolute Gasteiger partial charge is 0.436 e. The molecule has 0 saturated heterocycles. The van der Waals surface area contributed by atoms with E-state index in [9.17, 15) is 18.3 Å². The Hall–Kier alpha value is -2.39. The number of benzene rings is 1. The number of aromatic nitrogens is 5. The van der Waals surface area contributed by atoms with E-state index in [1.807, 2.05) is 0 Å². The van der Waals surface area contributed by atoms with Crippen LogP contribution in [0.2, 0.25) is 10.0 Å². The zero-order valence-corrected chi connectivity index (χ0v) is 13.0. The summed E-state index contributed by atoms with van der Waals surface area (Å²) in [5.41, 5.74) is -0.489. The van der Waals surface area contributed by atoms with E-state index in [0.29, 0.717) is 11.8 Å². The first kappa shape index (κ1) is 16.5. The Morgan fingerprint density at radius 1 is 1.04 bits per heavy atom. The van der Waals surface area contributed by atoms with Gasteiger partial charge in [0.25, 0.3) is 0 Å². The summed E-state index contributed by atoms with van der Waals surface area (Å²) in [5.74, 6) is -0.313. The summed E-state index contributed by atoms with van der Waals surface area (Å²) in [7, 11) is 0. The van der Waals surface area contributed by atoms with E-state index < -0.39 is 11.9 Å². The van der Waals surface area contributed by atoms with Crippen molar-refractivity contribution in [3.05, 3.63) is 46.5 Å². The van der Waals surface area contributed by atoms with Gasteiger partial charge in [0.15, 0.2) is 5.69 Å². The van der Waals surface area contributed by atoms with Gasteiger partial charge in [0.2, 0.25) is 5.88 Å². The minimum Gasteiger partial charge on any atom is -0.493 e. The van der Waals surface area contributed by atoms with Gasteiger partial charge in [0.05, 0.1) is 27.6 Å². The van der Waals surface area contributed by atoms with E-state index in [-0.39, 0.29) is 27.3 Å². The minimum atomic E-state index is -4.64. The molecule has 2 aromatic heterocycles. The van der Waals surface area contributed by atoms with Crippen molar-refractivity contribution in [2.24, 2.45) is 0 Å². The molecule has 0 unspecified atom stereocenters. The molecule has 0 radical (unpaired) electrons. The summed E-state index contributed by atoms with van der Waals surface area (Å²) < 4.78 is 39.1. The molecule has 0 bridgehead atoms. The van der Waals surface area contributed by atoms with E-state index >= 15 is 0 Å². The van der Waals surface area contributed by atoms with Gasteiger partial charge in [-0.15, -0.1) is 5.10 Å². The summed E-state index contributed by atoms with van der Waals surface area (Å²) in [4.78, 5) is 7.51. The average Bonchev–Trinajstić information content (AvgIpc) is 2.99. The number of hydrogen-bond acceptors (Lipinski definition) is 5. The zero-order valence-electron chi connectivity index (χ0n) is 11.5. The average molecular weight is 376 g/mol. The standard InChI is InChI=1S/C13H6Cl2F3N5O/c14-7-1-6(9-3-12(24)20-5-19-9)10(2-8(7)15)23-4-11(21-22-23)13(16,17)18/h1-5H,(H,19,20,24). The second kappa shape index (κ2) is 5.91. The lowest BCUT2D eigenvalue weighted by atomic mass is 10.1. The third kappa shape index (κ3) is 3.13. The first-order chi connectivity index (χ1) is 11.3. The summed E-state index contributed by atoms with van der Waals surface area (Å²) in [6.45, 7) is 0. The molecule has 0 atom stereocenters. The maximum Gasteiger partial charge on any atom is 0.436 e. The van der Waals surface area contributed by atoms with Gasteiger partial charge in [-0.1, -0.05) is 28.4 Å². The third-order valence-electron chi connectivity index (χ3n) is 3.00. The van der Waals surface area contributed by atoms with Crippen molar-refractivity contribution in [3.63, 3.8) is 0 Å². The highest BCUT2D eigenvalue weighted by Crippen LogP contribution is 2.35. The van der Waals surface area contributed by atoms with Gasteiger partial charge in [-0.25, -0.2) is 14.6 Å². The normalized spacial score (nSPS) is 11.7. The molecule has 0 aliphatic rings. The Morgan fingerprint density at radius 2 is 1.75 bits per heavy atom. The van der Waals surface area contributed by atoms with E-state index in [0.717, 1.165) is 11.0 Å². The van der Waals surface area contributed by atoms with E-state index in [1.54, 1.807) is 0 Å². The SMILES string of the molecule is Oc1cc(-c2cc(Cl)c(Cl)cc2-n2cc(C(F)(F)F)nn2)ncn1. The van der Waals surface area contributed by atoms with Crippen LogP contribution in [0.5, 0.6) is 5.88 Å².